The Balaban J connectivity index is 1.56. The van der Waals surface area contributed by atoms with Crippen molar-refractivity contribution in [2.24, 2.45) is 5.92 Å². The highest BCUT2D eigenvalue weighted by molar-refractivity contribution is 7.09. The molecule has 1 saturated heterocycles. The lowest BCUT2D eigenvalue weighted by Gasteiger charge is -2.25. The molecule has 2 heterocycles. The molecule has 0 aliphatic carbocycles. The number of aromatic nitrogens is 1. The summed E-state index contributed by atoms with van der Waals surface area (Å²) in [4.78, 5) is 19.7. The number of thiazole rings is 1. The van der Waals surface area contributed by atoms with Gasteiger partial charge in [-0.3, -0.25) is 9.69 Å². The summed E-state index contributed by atoms with van der Waals surface area (Å²) in [6, 6.07) is 6.17. The molecule has 146 valence electrons. The van der Waals surface area contributed by atoms with Crippen LogP contribution in [0.1, 0.15) is 36.0 Å². The highest BCUT2D eigenvalue weighted by Gasteiger charge is 2.24. The Morgan fingerprint density at radius 3 is 2.67 bits per heavy atom. The summed E-state index contributed by atoms with van der Waals surface area (Å²) in [5, 5.41) is 5.94. The van der Waals surface area contributed by atoms with Crippen LogP contribution < -0.4 is 5.32 Å². The number of nitrogens with one attached hydrogen (secondary N) is 1. The van der Waals surface area contributed by atoms with Crippen molar-refractivity contribution in [3.63, 3.8) is 0 Å². The van der Waals surface area contributed by atoms with Gasteiger partial charge >= 0.3 is 0 Å². The molecule has 7 heteroatoms. The molecule has 27 heavy (non-hydrogen) atoms. The maximum atomic E-state index is 13.2. The van der Waals surface area contributed by atoms with Crippen molar-refractivity contribution in [1.82, 2.24) is 15.2 Å². The van der Waals surface area contributed by atoms with Crippen LogP contribution in [0.5, 0.6) is 0 Å². The minimum atomic E-state index is -0.307. The van der Waals surface area contributed by atoms with Crippen molar-refractivity contribution in [2.75, 3.05) is 26.3 Å². The Hall–Kier alpha value is -1.83. The van der Waals surface area contributed by atoms with Gasteiger partial charge in [0.2, 0.25) is 5.91 Å². The molecule has 1 aliphatic rings. The van der Waals surface area contributed by atoms with E-state index in [1.165, 1.54) is 12.1 Å². The van der Waals surface area contributed by atoms with Crippen LogP contribution in [0, 0.1) is 11.7 Å². The van der Waals surface area contributed by atoms with Gasteiger partial charge in [-0.1, -0.05) is 26.0 Å². The molecule has 1 fully saturated rings. The van der Waals surface area contributed by atoms with Crippen LogP contribution in [0.2, 0.25) is 0 Å². The van der Waals surface area contributed by atoms with Crippen LogP contribution in [-0.4, -0.2) is 42.1 Å². The topological polar surface area (TPSA) is 54.5 Å². The second kappa shape index (κ2) is 9.39. The lowest BCUT2D eigenvalue weighted by molar-refractivity contribution is -0.123. The van der Waals surface area contributed by atoms with Gasteiger partial charge < -0.3 is 10.1 Å². The largest absolute Gasteiger partial charge is 0.379 e. The molecule has 1 aromatic heterocycles. The van der Waals surface area contributed by atoms with Gasteiger partial charge in [-0.05, 0) is 23.6 Å². The van der Waals surface area contributed by atoms with E-state index in [2.05, 4.69) is 20.6 Å². The molecule has 1 unspecified atom stereocenters. The Morgan fingerprint density at radius 2 is 2.00 bits per heavy atom. The molecular weight excluding hydrogens is 365 g/mol. The zero-order valence-corrected chi connectivity index (χ0v) is 16.6. The van der Waals surface area contributed by atoms with Gasteiger partial charge in [0, 0.05) is 25.0 Å². The number of halogens is 1. The summed E-state index contributed by atoms with van der Waals surface area (Å²) in [5.74, 6) is -0.541. The van der Waals surface area contributed by atoms with Gasteiger partial charge in [0.15, 0.2) is 0 Å². The fraction of sp³-hybridized carbons (Fsp3) is 0.500. The van der Waals surface area contributed by atoms with Crippen molar-refractivity contribution in [3.05, 3.63) is 51.7 Å². The zero-order valence-electron chi connectivity index (χ0n) is 15.8. The molecule has 1 amide bonds. The first-order valence-corrected chi connectivity index (χ1v) is 10.2. The van der Waals surface area contributed by atoms with Gasteiger partial charge in [-0.25, -0.2) is 9.37 Å². The van der Waals surface area contributed by atoms with Crippen molar-refractivity contribution < 1.29 is 13.9 Å². The number of nitrogens with zero attached hydrogens (tertiary/aromatic N) is 2. The van der Waals surface area contributed by atoms with Crippen molar-refractivity contribution >= 4 is 17.2 Å². The van der Waals surface area contributed by atoms with E-state index in [0.717, 1.165) is 49.1 Å². The smallest absolute Gasteiger partial charge is 0.228 e. The molecule has 0 radical (unpaired) electrons. The van der Waals surface area contributed by atoms with Crippen LogP contribution >= 0.6 is 11.3 Å². The fourth-order valence-corrected chi connectivity index (χ4v) is 4.00. The van der Waals surface area contributed by atoms with E-state index in [1.807, 2.05) is 13.8 Å². The normalized spacial score (nSPS) is 16.4. The Morgan fingerprint density at radius 1 is 1.30 bits per heavy atom. The average molecular weight is 392 g/mol. The highest BCUT2D eigenvalue weighted by Crippen LogP contribution is 2.25. The molecule has 5 nitrogen and oxygen atoms in total. The third-order valence-corrected chi connectivity index (χ3v) is 5.58. The number of hydrogen-bond donors (Lipinski definition) is 1. The molecule has 2 aromatic rings. The Kier molecular flexibility index (Phi) is 6.93. The van der Waals surface area contributed by atoms with Gasteiger partial charge in [0.05, 0.1) is 31.4 Å². The van der Waals surface area contributed by atoms with Crippen LogP contribution in [0.25, 0.3) is 0 Å². The van der Waals surface area contributed by atoms with Gasteiger partial charge in [-0.15, -0.1) is 11.3 Å². The van der Waals surface area contributed by atoms with Crippen LogP contribution in [0.4, 0.5) is 4.39 Å². The maximum absolute atomic E-state index is 13.2. The third-order valence-electron chi connectivity index (χ3n) is 4.68. The number of ether oxygens (including phenoxy) is 1. The monoisotopic (exact) mass is 391 g/mol. The molecule has 1 aliphatic heterocycles. The standard InChI is InChI=1S/C20H26FN3O2S/c1-14(2)19(15-3-5-16(21)6-4-15)20(25)22-11-18-23-17(13-27-18)12-24-7-9-26-10-8-24/h3-6,13-14,19H,7-12H2,1-2H3,(H,22,25). The molecule has 1 atom stereocenters. The number of rotatable bonds is 7. The first kappa shape index (κ1) is 19.9. The first-order valence-electron chi connectivity index (χ1n) is 9.29. The van der Waals surface area contributed by atoms with E-state index in [0.29, 0.717) is 6.54 Å². The molecular formula is C20H26FN3O2S. The summed E-state index contributed by atoms with van der Waals surface area (Å²) in [7, 11) is 0. The van der Waals surface area contributed by atoms with E-state index >= 15 is 0 Å². The number of amides is 1. The predicted molar refractivity (Wildman–Crippen MR) is 104 cm³/mol. The average Bonchev–Trinajstić information content (AvgIpc) is 3.10. The van der Waals surface area contributed by atoms with Crippen LogP contribution in [-0.2, 0) is 22.6 Å². The number of morpholine rings is 1. The number of benzene rings is 1. The van der Waals surface area contributed by atoms with E-state index in [1.54, 1.807) is 23.5 Å². The lowest BCUT2D eigenvalue weighted by Crippen LogP contribution is -2.35. The molecule has 3 rings (SSSR count). The first-order chi connectivity index (χ1) is 13.0. The predicted octanol–water partition coefficient (Wildman–Crippen LogP) is 3.17. The zero-order chi connectivity index (χ0) is 19.2. The van der Waals surface area contributed by atoms with Crippen molar-refractivity contribution in [3.8, 4) is 0 Å². The third kappa shape index (κ3) is 5.57. The minimum Gasteiger partial charge on any atom is -0.379 e. The highest BCUT2D eigenvalue weighted by atomic mass is 32.1. The lowest BCUT2D eigenvalue weighted by atomic mass is 9.87. The molecule has 0 bridgehead atoms. The summed E-state index contributed by atoms with van der Waals surface area (Å²) in [6.45, 7) is 8.62. The van der Waals surface area contributed by atoms with E-state index in [4.69, 9.17) is 4.74 Å². The quantitative estimate of drug-likeness (QED) is 0.788. The SMILES string of the molecule is CC(C)C(C(=O)NCc1nc(CN2CCOCC2)cs1)c1ccc(F)cc1. The van der Waals surface area contributed by atoms with E-state index in [9.17, 15) is 9.18 Å². The summed E-state index contributed by atoms with van der Waals surface area (Å²) >= 11 is 1.56. The Labute approximate surface area is 163 Å². The molecule has 1 aromatic carbocycles. The van der Waals surface area contributed by atoms with Gasteiger partial charge in [-0.2, -0.15) is 0 Å². The minimum absolute atomic E-state index is 0.0541. The second-order valence-electron chi connectivity index (χ2n) is 7.11. The fourth-order valence-electron chi connectivity index (χ4n) is 3.27. The summed E-state index contributed by atoms with van der Waals surface area (Å²) < 4.78 is 18.5. The number of carbonyl (C=O) groups excluding carboxylic acids is 1. The van der Waals surface area contributed by atoms with Crippen LogP contribution in [0.15, 0.2) is 29.6 Å². The molecule has 0 saturated carbocycles. The van der Waals surface area contributed by atoms with Crippen molar-refractivity contribution in [1.29, 1.82) is 0 Å². The number of carbonyl (C=O) groups is 1. The maximum Gasteiger partial charge on any atom is 0.228 e. The second-order valence-corrected chi connectivity index (χ2v) is 8.05. The summed E-state index contributed by atoms with van der Waals surface area (Å²) in [6.07, 6.45) is 0. The summed E-state index contributed by atoms with van der Waals surface area (Å²) in [5.41, 5.74) is 1.86. The van der Waals surface area contributed by atoms with Gasteiger partial charge in [0.25, 0.3) is 0 Å². The van der Waals surface area contributed by atoms with E-state index in [-0.39, 0.29) is 23.6 Å². The molecule has 1 N–H and O–H groups in total. The van der Waals surface area contributed by atoms with E-state index < -0.39 is 0 Å². The van der Waals surface area contributed by atoms with Crippen molar-refractivity contribution in [2.45, 2.75) is 32.9 Å². The Bertz CT molecular complexity index is 742. The van der Waals surface area contributed by atoms with Crippen LogP contribution in [0.3, 0.4) is 0 Å². The van der Waals surface area contributed by atoms with Gasteiger partial charge in [0.1, 0.15) is 10.8 Å². The molecule has 0 spiro atoms. The number of hydrogen-bond acceptors (Lipinski definition) is 5.